The monoisotopic (exact) mass is 403 g/mol. The number of carbonyl (C=O) groups excluding carboxylic acids is 1. The second-order valence-corrected chi connectivity index (χ2v) is 8.88. The lowest BCUT2D eigenvalue weighted by atomic mass is 10.0. The third-order valence-corrected chi connectivity index (χ3v) is 6.67. The number of nitrogens with two attached hydrogens (primary N) is 1. The maximum atomic E-state index is 13.1. The van der Waals surface area contributed by atoms with E-state index in [1.54, 1.807) is 5.32 Å². The van der Waals surface area contributed by atoms with Gasteiger partial charge in [0.15, 0.2) is 0 Å². The van der Waals surface area contributed by atoms with Crippen LogP contribution in [0.15, 0.2) is 18.2 Å². The molecule has 0 unspecified atom stereocenters. The molecule has 5 rings (SSSR count). The molecule has 0 bridgehead atoms. The van der Waals surface area contributed by atoms with Crippen LogP contribution in [0.5, 0.6) is 0 Å². The Bertz CT molecular complexity index is 873. The van der Waals surface area contributed by atoms with Crippen molar-refractivity contribution in [3.8, 4) is 0 Å². The van der Waals surface area contributed by atoms with Crippen LogP contribution in [0.25, 0.3) is 11.0 Å². The van der Waals surface area contributed by atoms with E-state index in [0.717, 1.165) is 69.0 Å². The average Bonchev–Trinajstić information content (AvgIpc) is 3.33. The molecule has 3 fully saturated rings. The predicted octanol–water partition coefficient (Wildman–Crippen LogP) is 2.46. The third kappa shape index (κ3) is 3.71. The van der Waals surface area contributed by atoms with Crippen molar-refractivity contribution < 1.29 is 14.8 Å². The van der Waals surface area contributed by atoms with Gasteiger partial charge in [0.25, 0.3) is 0 Å². The summed E-state index contributed by atoms with van der Waals surface area (Å²) in [5.74, 6) is 1.54. The van der Waals surface area contributed by atoms with Gasteiger partial charge in [-0.3, -0.25) is 9.47 Å². The van der Waals surface area contributed by atoms with E-state index in [-0.39, 0.29) is 11.9 Å². The lowest BCUT2D eigenvalue weighted by molar-refractivity contribution is -0.496. The molecule has 1 aliphatic carbocycles. The maximum absolute atomic E-state index is 13.1. The Balaban J connectivity index is 1.42. The van der Waals surface area contributed by atoms with E-state index in [0.29, 0.717) is 17.0 Å². The van der Waals surface area contributed by atoms with Gasteiger partial charge in [-0.25, -0.2) is 10.1 Å². The fourth-order valence-corrected chi connectivity index (χ4v) is 4.94. The molecule has 1 aromatic carbocycles. The predicted molar refractivity (Wildman–Crippen MR) is 108 cm³/mol. The molecule has 2 saturated heterocycles. The molecule has 1 atom stereocenters. The van der Waals surface area contributed by atoms with Crippen molar-refractivity contribution in [3.63, 3.8) is 0 Å². The van der Waals surface area contributed by atoms with Gasteiger partial charge in [-0.05, 0) is 69.2 Å². The standard InChI is InChI=1S/C21H27ClN4O2/c22-15-3-6-18-17(12-15)23-21(26(18)13-14-7-10-28-11-8-14)24-20(27)19-2-1-9-25(19)16-4-5-16/h3,6,12,14,16,19H,1-2,4-5,7-11,13H2,(H,23,24,27)/p+1/t19-/m0/s1. The zero-order chi connectivity index (χ0) is 19.1. The summed E-state index contributed by atoms with van der Waals surface area (Å²) in [5, 5.41) is 2.47. The number of benzene rings is 1. The molecule has 6 nitrogen and oxygen atoms in total. The Labute approximate surface area is 170 Å². The molecule has 28 heavy (non-hydrogen) atoms. The molecule has 1 saturated carbocycles. The van der Waals surface area contributed by atoms with Gasteiger partial charge in [0, 0.05) is 30.8 Å². The number of likely N-dealkylation sites (tertiary alicyclic amines) is 1. The fraction of sp³-hybridized carbons (Fsp3) is 0.619. The van der Waals surface area contributed by atoms with E-state index in [1.165, 1.54) is 12.8 Å². The van der Waals surface area contributed by atoms with Gasteiger partial charge < -0.3 is 4.74 Å². The minimum absolute atomic E-state index is 0.0347. The van der Waals surface area contributed by atoms with Gasteiger partial charge in [0.2, 0.25) is 0 Å². The Kier molecular flexibility index (Phi) is 5.13. The number of carbonyl (C=O) groups is 1. The smallest absolute Gasteiger partial charge is 0.335 e. The number of rotatable bonds is 5. The molecule has 1 aromatic heterocycles. The first-order valence-corrected chi connectivity index (χ1v) is 10.9. The molecule has 2 aliphatic heterocycles. The normalized spacial score (nSPS) is 24.2. The summed E-state index contributed by atoms with van der Waals surface area (Å²) in [6.45, 7) is 3.57. The van der Waals surface area contributed by atoms with Crippen LogP contribution >= 0.6 is 11.6 Å². The van der Waals surface area contributed by atoms with Crippen molar-refractivity contribution in [2.24, 2.45) is 5.92 Å². The van der Waals surface area contributed by atoms with E-state index >= 15 is 0 Å². The molecule has 1 amide bonds. The first kappa shape index (κ1) is 18.6. The van der Waals surface area contributed by atoms with Crippen LogP contribution in [0.4, 0.5) is 5.95 Å². The zero-order valence-electron chi connectivity index (χ0n) is 16.1. The van der Waals surface area contributed by atoms with Gasteiger partial charge >= 0.3 is 11.9 Å². The van der Waals surface area contributed by atoms with Gasteiger partial charge in [-0.1, -0.05) is 11.6 Å². The Morgan fingerprint density at radius 3 is 2.82 bits per heavy atom. The van der Waals surface area contributed by atoms with E-state index in [2.05, 4.69) is 9.47 Å². The number of aromatic nitrogens is 2. The number of halogens is 1. The van der Waals surface area contributed by atoms with Crippen molar-refractivity contribution in [1.29, 1.82) is 0 Å². The summed E-state index contributed by atoms with van der Waals surface area (Å²) < 4.78 is 7.73. The summed E-state index contributed by atoms with van der Waals surface area (Å²) in [6.07, 6.45) is 6.68. The number of hydrogen-bond donors (Lipinski definition) is 1. The topological polar surface area (TPSA) is 64.0 Å². The van der Waals surface area contributed by atoms with Crippen molar-refractivity contribution >= 4 is 34.5 Å². The van der Waals surface area contributed by atoms with Crippen LogP contribution in [0.1, 0.15) is 38.5 Å². The average molecular weight is 404 g/mol. The highest BCUT2D eigenvalue weighted by atomic mass is 35.5. The van der Waals surface area contributed by atoms with Crippen LogP contribution < -0.4 is 5.32 Å². The van der Waals surface area contributed by atoms with E-state index < -0.39 is 0 Å². The van der Waals surface area contributed by atoms with Gasteiger partial charge in [-0.15, -0.1) is 0 Å². The number of nitrogens with zero attached hydrogens (tertiary/aromatic N) is 3. The summed E-state index contributed by atoms with van der Waals surface area (Å²) in [6, 6.07) is 6.49. The van der Waals surface area contributed by atoms with E-state index in [1.807, 2.05) is 18.2 Å². The Hall–Kier alpha value is -1.47. The third-order valence-electron chi connectivity index (χ3n) is 6.43. The molecule has 3 aliphatic rings. The van der Waals surface area contributed by atoms with Crippen molar-refractivity contribution in [1.82, 2.24) is 14.5 Å². The highest BCUT2D eigenvalue weighted by Gasteiger charge is 2.42. The number of hydrogen-bond acceptors (Lipinski definition) is 4. The number of amides is 1. The van der Waals surface area contributed by atoms with Crippen molar-refractivity contribution in [2.45, 2.75) is 57.2 Å². The SMILES string of the molecule is O=C([NH2+]c1nc2cc(Cl)ccc2n1CC1CCOCC1)[C@@H]1CCCN1C1CC1. The lowest BCUT2D eigenvalue weighted by Crippen LogP contribution is -2.87. The molecule has 2 aromatic rings. The highest BCUT2D eigenvalue weighted by Crippen LogP contribution is 2.33. The molecule has 7 heteroatoms. The first-order valence-electron chi connectivity index (χ1n) is 10.6. The maximum Gasteiger partial charge on any atom is 0.335 e. The Morgan fingerprint density at radius 1 is 1.21 bits per heavy atom. The first-order chi connectivity index (χ1) is 13.7. The van der Waals surface area contributed by atoms with Crippen molar-refractivity contribution in [2.75, 3.05) is 19.8 Å². The quantitative estimate of drug-likeness (QED) is 0.832. The zero-order valence-corrected chi connectivity index (χ0v) is 16.9. The van der Waals surface area contributed by atoms with E-state index in [9.17, 15) is 4.79 Å². The van der Waals surface area contributed by atoms with Crippen LogP contribution in [-0.2, 0) is 16.1 Å². The number of quaternary nitrogens is 1. The number of imidazole rings is 1. The number of primary amides is 1. The summed E-state index contributed by atoms with van der Waals surface area (Å²) >= 11 is 6.19. The Morgan fingerprint density at radius 2 is 2.04 bits per heavy atom. The highest BCUT2D eigenvalue weighted by molar-refractivity contribution is 6.31. The van der Waals surface area contributed by atoms with Crippen LogP contribution in [0, 0.1) is 5.92 Å². The van der Waals surface area contributed by atoms with Gasteiger partial charge in [0.05, 0.1) is 11.0 Å². The van der Waals surface area contributed by atoms with E-state index in [4.69, 9.17) is 21.3 Å². The van der Waals surface area contributed by atoms with Crippen LogP contribution in [0.2, 0.25) is 5.02 Å². The number of ether oxygens (including phenoxy) is 1. The largest absolute Gasteiger partial charge is 0.381 e. The number of fused-ring (bicyclic) bond motifs is 1. The molecule has 3 heterocycles. The molecular formula is C21H28ClN4O2+. The van der Waals surface area contributed by atoms with Gasteiger partial charge in [-0.2, -0.15) is 4.98 Å². The lowest BCUT2D eigenvalue weighted by Gasteiger charge is -2.23. The summed E-state index contributed by atoms with van der Waals surface area (Å²) in [7, 11) is 0. The molecule has 0 radical (unpaired) electrons. The molecule has 150 valence electrons. The van der Waals surface area contributed by atoms with Crippen LogP contribution in [0.3, 0.4) is 0 Å². The van der Waals surface area contributed by atoms with Gasteiger partial charge in [0.1, 0.15) is 6.04 Å². The summed E-state index contributed by atoms with van der Waals surface area (Å²) in [4.78, 5) is 20.4. The second kappa shape index (κ2) is 7.75. The fourth-order valence-electron chi connectivity index (χ4n) is 4.77. The van der Waals surface area contributed by atoms with Crippen LogP contribution in [-0.4, -0.2) is 52.2 Å². The second-order valence-electron chi connectivity index (χ2n) is 8.44. The van der Waals surface area contributed by atoms with Crippen molar-refractivity contribution in [3.05, 3.63) is 23.2 Å². The minimum Gasteiger partial charge on any atom is -0.381 e. The summed E-state index contributed by atoms with van der Waals surface area (Å²) in [5.41, 5.74) is 1.92. The minimum atomic E-state index is 0.0347. The molecule has 0 spiro atoms. The molecular weight excluding hydrogens is 376 g/mol. The molecule has 2 N–H and O–H groups in total.